The number of cyclic esters (lactones) is 1. The zero-order valence-corrected chi connectivity index (χ0v) is 36.8. The molecule has 61 heavy (non-hydrogen) atoms. The molecule has 2 aromatic carbocycles. The third-order valence-corrected chi connectivity index (χ3v) is 12.0. The molecule has 1 saturated carbocycles. The number of amides is 5. The highest BCUT2D eigenvalue weighted by molar-refractivity contribution is 5.96. The van der Waals surface area contributed by atoms with Crippen molar-refractivity contribution in [3.05, 3.63) is 60.2 Å². The lowest BCUT2D eigenvalue weighted by atomic mass is 9.83. The summed E-state index contributed by atoms with van der Waals surface area (Å²) in [6, 6.07) is 13.3. The van der Waals surface area contributed by atoms with Crippen molar-refractivity contribution in [2.75, 3.05) is 20.1 Å². The van der Waals surface area contributed by atoms with E-state index in [0.717, 1.165) is 55.2 Å². The van der Waals surface area contributed by atoms with Crippen LogP contribution in [0.25, 0.3) is 11.1 Å². The third-order valence-electron chi connectivity index (χ3n) is 12.0. The van der Waals surface area contributed by atoms with E-state index in [1.54, 1.807) is 7.05 Å². The minimum Gasteiger partial charge on any atom is -0.460 e. The number of likely N-dealkylation sites (N-methyl/N-ethyl adjacent to an activating group) is 1. The molecule has 5 amide bonds. The number of carbonyl (C=O) groups is 6. The number of benzene rings is 2. The molecule has 1 saturated heterocycles. The van der Waals surface area contributed by atoms with E-state index in [1.807, 2.05) is 68.4 Å². The van der Waals surface area contributed by atoms with Crippen LogP contribution in [0.1, 0.15) is 110 Å². The highest BCUT2D eigenvalue weighted by Gasteiger charge is 2.40. The summed E-state index contributed by atoms with van der Waals surface area (Å²) in [7, 11) is 1.59. The van der Waals surface area contributed by atoms with Crippen molar-refractivity contribution >= 4 is 35.5 Å². The van der Waals surface area contributed by atoms with Gasteiger partial charge in [-0.25, -0.2) is 0 Å². The van der Waals surface area contributed by atoms with Gasteiger partial charge >= 0.3 is 5.97 Å². The quantitative estimate of drug-likeness (QED) is 0.119. The zero-order chi connectivity index (χ0) is 44.5. The van der Waals surface area contributed by atoms with Crippen LogP contribution in [0.15, 0.2) is 54.6 Å². The van der Waals surface area contributed by atoms with Gasteiger partial charge in [0.25, 0.3) is 0 Å². The molecule has 0 aromatic heterocycles. The van der Waals surface area contributed by atoms with Gasteiger partial charge in [0, 0.05) is 13.6 Å². The molecule has 14 heteroatoms. The number of hydrogen-bond acceptors (Lipinski definition) is 9. The molecule has 4 rings (SSSR count). The number of rotatable bonds is 14. The topological polar surface area (TPSA) is 209 Å². The van der Waals surface area contributed by atoms with Crippen molar-refractivity contribution in [3.63, 3.8) is 0 Å². The monoisotopic (exact) mass is 847 g/mol. The second-order valence-corrected chi connectivity index (χ2v) is 17.3. The Balaban J connectivity index is 1.77. The normalized spacial score (nSPS) is 25.0. The number of ether oxygens (including phenoxy) is 1. The lowest BCUT2D eigenvalue weighted by Crippen LogP contribution is -2.62. The van der Waals surface area contributed by atoms with Crippen LogP contribution in [0.3, 0.4) is 0 Å². The second-order valence-electron chi connectivity index (χ2n) is 17.3. The highest BCUT2D eigenvalue weighted by atomic mass is 16.5. The molecule has 336 valence electrons. The van der Waals surface area contributed by atoms with Crippen molar-refractivity contribution in [1.82, 2.24) is 26.2 Å². The van der Waals surface area contributed by atoms with Gasteiger partial charge in [0.05, 0.1) is 12.0 Å². The summed E-state index contributed by atoms with van der Waals surface area (Å²) < 4.78 is 6.12. The molecule has 1 unspecified atom stereocenters. The molecule has 2 aromatic rings. The Bertz CT molecular complexity index is 1730. The van der Waals surface area contributed by atoms with E-state index >= 15 is 4.79 Å². The fraction of sp³-hybridized carbons (Fsp3) is 0.617. The Labute approximate surface area is 361 Å². The van der Waals surface area contributed by atoms with Crippen LogP contribution in [0.4, 0.5) is 0 Å². The van der Waals surface area contributed by atoms with Gasteiger partial charge in [0.2, 0.25) is 29.5 Å². The zero-order valence-electron chi connectivity index (χ0n) is 36.8. The Hall–Kier alpha value is -4.82. The van der Waals surface area contributed by atoms with Crippen LogP contribution in [0.5, 0.6) is 0 Å². The number of aliphatic hydroxyl groups excluding tert-OH is 1. The maximum Gasteiger partial charge on any atom is 0.325 e. The van der Waals surface area contributed by atoms with Crippen LogP contribution >= 0.6 is 0 Å². The van der Waals surface area contributed by atoms with E-state index < -0.39 is 78.4 Å². The minimum atomic E-state index is -1.50. The van der Waals surface area contributed by atoms with Crippen LogP contribution < -0.4 is 27.0 Å². The van der Waals surface area contributed by atoms with E-state index in [9.17, 15) is 29.1 Å². The Morgan fingerprint density at radius 2 is 1.46 bits per heavy atom. The molecular formula is C47H70N6O8. The first-order valence-corrected chi connectivity index (χ1v) is 22.4. The van der Waals surface area contributed by atoms with Crippen LogP contribution in [0, 0.1) is 17.8 Å². The van der Waals surface area contributed by atoms with Gasteiger partial charge in [-0.15, -0.1) is 0 Å². The summed E-state index contributed by atoms with van der Waals surface area (Å²) in [6.45, 7) is 6.38. The number of esters is 1. The number of aryl methyl sites for hydroxylation is 1. The number of nitrogens with two attached hydrogens (primary N) is 1. The molecule has 1 aliphatic carbocycles. The van der Waals surface area contributed by atoms with E-state index in [4.69, 9.17) is 10.5 Å². The SMILES string of the molecule is CCCCCC[C@H]1OC(=O)CNC(=O)[C@H](C(C)O)NC(=O)[C@H](CN)NC(=O)[C@H](C2CCCCC2)NC(=O)[C@H](CC(C)C)N(C)C(=O)[C@@H]1CCc1ccc(-c2ccccc2)cc1. The lowest BCUT2D eigenvalue weighted by Gasteiger charge is -2.36. The largest absolute Gasteiger partial charge is 0.460 e. The van der Waals surface area contributed by atoms with Gasteiger partial charge in [0.1, 0.15) is 36.8 Å². The fourth-order valence-electron chi connectivity index (χ4n) is 8.45. The van der Waals surface area contributed by atoms with Gasteiger partial charge in [0.15, 0.2) is 0 Å². The van der Waals surface area contributed by atoms with Crippen molar-refractivity contribution < 1.29 is 38.6 Å². The van der Waals surface area contributed by atoms with Crippen molar-refractivity contribution in [1.29, 1.82) is 0 Å². The second kappa shape index (κ2) is 24.6. The van der Waals surface area contributed by atoms with Gasteiger partial charge in [-0.05, 0) is 80.4 Å². The van der Waals surface area contributed by atoms with E-state index in [0.29, 0.717) is 44.9 Å². The Kier molecular flexibility index (Phi) is 19.7. The molecule has 0 spiro atoms. The molecule has 2 aliphatic rings. The summed E-state index contributed by atoms with van der Waals surface area (Å²) in [5.74, 6) is -5.07. The van der Waals surface area contributed by atoms with E-state index in [-0.39, 0.29) is 24.3 Å². The minimum absolute atomic E-state index is 0.0189. The van der Waals surface area contributed by atoms with Gasteiger partial charge in [-0.1, -0.05) is 114 Å². The number of nitrogens with one attached hydrogen (secondary N) is 4. The summed E-state index contributed by atoms with van der Waals surface area (Å²) in [5.41, 5.74) is 9.08. The molecule has 7 N–H and O–H groups in total. The predicted molar refractivity (Wildman–Crippen MR) is 234 cm³/mol. The smallest absolute Gasteiger partial charge is 0.325 e. The molecule has 7 atom stereocenters. The molecule has 14 nitrogen and oxygen atoms in total. The van der Waals surface area contributed by atoms with Crippen molar-refractivity contribution in [2.45, 2.75) is 148 Å². The first-order valence-electron chi connectivity index (χ1n) is 22.4. The lowest BCUT2D eigenvalue weighted by molar-refractivity contribution is -0.158. The summed E-state index contributed by atoms with van der Waals surface area (Å²) >= 11 is 0. The maximum atomic E-state index is 15.0. The molecule has 2 fully saturated rings. The summed E-state index contributed by atoms with van der Waals surface area (Å²) in [6.07, 6.45) is 6.65. The average molecular weight is 847 g/mol. The summed E-state index contributed by atoms with van der Waals surface area (Å²) in [5, 5.41) is 21.2. The Morgan fingerprint density at radius 3 is 2.08 bits per heavy atom. The van der Waals surface area contributed by atoms with Crippen molar-refractivity contribution in [2.24, 2.45) is 23.5 Å². The third kappa shape index (κ3) is 14.7. The number of nitrogens with zero attached hydrogens (tertiary/aromatic N) is 1. The predicted octanol–water partition coefficient (Wildman–Crippen LogP) is 4.16. The standard InChI is InChI=1S/C47H70N6O8/c1-6-7-8-15-20-39-36(26-23-32-21-24-34(25-22-32)33-16-11-9-12-17-33)47(60)53(5)38(27-30(2)3)44(57)52-42(35-18-13-10-14-19-35)46(59)50-37(28-48)43(56)51-41(31(4)54)45(58)49-29-40(55)61-39/h9,11-12,16-17,21-22,24-25,30-31,35-39,41-42,54H,6-8,10,13-15,18-20,23,26-29,48H2,1-5H3,(H,49,58)(H,50,59)(H,51,56)(H,52,57)/t31?,36-,37+,38+,39-,41+,42+/m1/s1. The van der Waals surface area contributed by atoms with Gasteiger partial charge in [-0.2, -0.15) is 0 Å². The molecular weight excluding hydrogens is 777 g/mol. The number of carbonyl (C=O) groups excluding carboxylic acids is 6. The van der Waals surface area contributed by atoms with Gasteiger partial charge < -0.3 is 41.7 Å². The van der Waals surface area contributed by atoms with Gasteiger partial charge in [-0.3, -0.25) is 28.8 Å². The fourth-order valence-corrected chi connectivity index (χ4v) is 8.45. The van der Waals surface area contributed by atoms with Crippen LogP contribution in [0.2, 0.25) is 0 Å². The first kappa shape index (κ1) is 48.8. The van der Waals surface area contributed by atoms with Crippen LogP contribution in [-0.2, 0) is 39.9 Å². The van der Waals surface area contributed by atoms with E-state index in [2.05, 4.69) is 28.2 Å². The first-order chi connectivity index (χ1) is 29.2. The molecule has 0 bridgehead atoms. The maximum absolute atomic E-state index is 15.0. The molecule has 1 aliphatic heterocycles. The average Bonchev–Trinajstić information content (AvgIpc) is 3.25. The number of unbranched alkanes of at least 4 members (excludes halogenated alkanes) is 3. The van der Waals surface area contributed by atoms with Crippen molar-refractivity contribution in [3.8, 4) is 11.1 Å². The summed E-state index contributed by atoms with van der Waals surface area (Å²) in [4.78, 5) is 85.7. The van der Waals surface area contributed by atoms with E-state index in [1.165, 1.54) is 11.8 Å². The highest BCUT2D eigenvalue weighted by Crippen LogP contribution is 2.29. The molecule has 0 radical (unpaired) electrons. The number of aliphatic hydroxyl groups is 1. The van der Waals surface area contributed by atoms with Crippen LogP contribution in [-0.4, -0.2) is 102 Å². The Morgan fingerprint density at radius 1 is 0.787 bits per heavy atom. The number of hydrogen-bond donors (Lipinski definition) is 6. The molecule has 1 heterocycles.